The van der Waals surface area contributed by atoms with Gasteiger partial charge in [0.1, 0.15) is 17.2 Å². The minimum Gasteiger partial charge on any atom is -0.384 e. The molecule has 2 aromatic heterocycles. The van der Waals surface area contributed by atoms with Crippen molar-refractivity contribution < 1.29 is 4.79 Å². The highest BCUT2D eigenvalue weighted by Gasteiger charge is 2.31. The zero-order valence-electron chi connectivity index (χ0n) is 13.7. The number of carbonyl (C=O) groups is 1. The molecule has 0 aliphatic heterocycles. The van der Waals surface area contributed by atoms with Crippen LogP contribution in [0.4, 0.5) is 5.82 Å². The normalized spacial score (nSPS) is 17.0. The highest BCUT2D eigenvalue weighted by Crippen LogP contribution is 2.39. The molecule has 2 aromatic rings. The van der Waals surface area contributed by atoms with E-state index in [1.807, 2.05) is 11.5 Å². The van der Waals surface area contributed by atoms with Crippen LogP contribution in [0.25, 0.3) is 0 Å². The molecule has 0 atom stereocenters. The molecule has 2 aliphatic carbocycles. The minimum absolute atomic E-state index is 0.0149. The summed E-state index contributed by atoms with van der Waals surface area (Å²) in [6.07, 6.45) is 3.81. The molecular formula is C15H18N6O3S. The van der Waals surface area contributed by atoms with Crippen LogP contribution < -0.4 is 17.0 Å². The molecule has 0 spiro atoms. The summed E-state index contributed by atoms with van der Waals surface area (Å²) in [5, 5.41) is 8.84. The Kier molecular flexibility index (Phi) is 3.78. The number of nitrogens with one attached hydrogen (secondary N) is 1. The standard InChI is InChI=1S/C15H18N6O3S/c1-7-18-19-15(20(7)8-2-3-8)25-6-10(22)11-12(16)21(9-4-5-9)14(24)17-13(11)23/h8-9H,2-6,16H2,1H3,(H,17,23,24). The molecule has 0 saturated heterocycles. The second-order valence-electron chi connectivity index (χ2n) is 6.46. The number of carbonyl (C=O) groups excluding carboxylic acids is 1. The van der Waals surface area contributed by atoms with Gasteiger partial charge in [0, 0.05) is 12.1 Å². The number of Topliss-reactive ketones (excluding diaryl/α,β-unsaturated/α-hetero) is 1. The van der Waals surface area contributed by atoms with Crippen molar-refractivity contribution in [3.63, 3.8) is 0 Å². The van der Waals surface area contributed by atoms with E-state index in [0.717, 1.165) is 31.5 Å². The van der Waals surface area contributed by atoms with Crippen LogP contribution >= 0.6 is 11.8 Å². The second kappa shape index (κ2) is 5.87. The second-order valence-corrected chi connectivity index (χ2v) is 7.41. The third kappa shape index (κ3) is 2.90. The lowest BCUT2D eigenvalue weighted by Crippen LogP contribution is -2.36. The van der Waals surface area contributed by atoms with Gasteiger partial charge in [-0.15, -0.1) is 10.2 Å². The Morgan fingerprint density at radius 1 is 1.20 bits per heavy atom. The van der Waals surface area contributed by atoms with Crippen LogP contribution in [0.3, 0.4) is 0 Å². The number of rotatable bonds is 6. The van der Waals surface area contributed by atoms with Crippen LogP contribution in [0.15, 0.2) is 14.7 Å². The van der Waals surface area contributed by atoms with Crippen molar-refractivity contribution in [2.24, 2.45) is 0 Å². The van der Waals surface area contributed by atoms with Gasteiger partial charge in [-0.05, 0) is 32.6 Å². The number of nitrogens with zero attached hydrogens (tertiary/aromatic N) is 4. The summed E-state index contributed by atoms with van der Waals surface area (Å²) in [5.74, 6) is 0.376. The number of thioether (sulfide) groups is 1. The molecule has 9 nitrogen and oxygen atoms in total. The fourth-order valence-corrected chi connectivity index (χ4v) is 3.86. The summed E-state index contributed by atoms with van der Waals surface area (Å²) < 4.78 is 3.34. The molecular weight excluding hydrogens is 344 g/mol. The number of aromatic nitrogens is 5. The molecule has 25 heavy (non-hydrogen) atoms. The summed E-state index contributed by atoms with van der Waals surface area (Å²) in [5.41, 5.74) is 4.53. The van der Waals surface area contributed by atoms with Crippen molar-refractivity contribution in [2.75, 3.05) is 11.5 Å². The first-order valence-corrected chi connectivity index (χ1v) is 9.17. The Labute approximate surface area is 146 Å². The van der Waals surface area contributed by atoms with E-state index in [1.165, 1.54) is 16.3 Å². The largest absolute Gasteiger partial charge is 0.384 e. The Hall–Kier alpha value is -2.36. The predicted octanol–water partition coefficient (Wildman–Crippen LogP) is 0.664. The maximum Gasteiger partial charge on any atom is 0.330 e. The van der Waals surface area contributed by atoms with Gasteiger partial charge in [0.25, 0.3) is 5.56 Å². The number of H-pyrrole nitrogens is 1. The Bertz CT molecular complexity index is 967. The number of aryl methyl sites for hydroxylation is 1. The maximum atomic E-state index is 12.6. The van der Waals surface area contributed by atoms with Crippen LogP contribution in [0.2, 0.25) is 0 Å². The van der Waals surface area contributed by atoms with Gasteiger partial charge in [-0.25, -0.2) is 4.79 Å². The number of nitrogens with two attached hydrogens (primary N) is 1. The molecule has 3 N–H and O–H groups in total. The van der Waals surface area contributed by atoms with E-state index in [1.54, 1.807) is 0 Å². The lowest BCUT2D eigenvalue weighted by Gasteiger charge is -2.11. The summed E-state index contributed by atoms with van der Waals surface area (Å²) >= 11 is 1.23. The highest BCUT2D eigenvalue weighted by molar-refractivity contribution is 7.99. The molecule has 132 valence electrons. The van der Waals surface area contributed by atoms with Crippen LogP contribution in [-0.2, 0) is 0 Å². The first kappa shape index (κ1) is 16.1. The summed E-state index contributed by atoms with van der Waals surface area (Å²) in [6, 6.07) is 0.377. The monoisotopic (exact) mass is 362 g/mol. The molecule has 0 bridgehead atoms. The topological polar surface area (TPSA) is 129 Å². The Morgan fingerprint density at radius 2 is 1.84 bits per heavy atom. The fourth-order valence-electron chi connectivity index (χ4n) is 2.93. The predicted molar refractivity (Wildman–Crippen MR) is 92.1 cm³/mol. The van der Waals surface area contributed by atoms with Crippen molar-refractivity contribution in [1.82, 2.24) is 24.3 Å². The summed E-state index contributed by atoms with van der Waals surface area (Å²) in [7, 11) is 0. The van der Waals surface area contributed by atoms with Gasteiger partial charge in [0.05, 0.1) is 5.75 Å². The number of anilines is 1. The van der Waals surface area contributed by atoms with Crippen molar-refractivity contribution in [1.29, 1.82) is 0 Å². The van der Waals surface area contributed by atoms with E-state index < -0.39 is 17.0 Å². The van der Waals surface area contributed by atoms with Crippen LogP contribution in [0.1, 0.15) is 53.9 Å². The minimum atomic E-state index is -0.732. The van der Waals surface area contributed by atoms with Crippen molar-refractivity contribution in [3.8, 4) is 0 Å². The lowest BCUT2D eigenvalue weighted by atomic mass is 10.2. The van der Waals surface area contributed by atoms with E-state index in [9.17, 15) is 14.4 Å². The van der Waals surface area contributed by atoms with Gasteiger partial charge in [-0.2, -0.15) is 0 Å². The first-order chi connectivity index (χ1) is 12.0. The van der Waals surface area contributed by atoms with Crippen LogP contribution in [-0.4, -0.2) is 35.9 Å². The number of nitrogen functional groups attached to an aromatic ring is 1. The molecule has 4 rings (SSSR count). The number of hydrogen-bond acceptors (Lipinski definition) is 7. The average Bonchev–Trinajstić information content (AvgIpc) is 3.45. The Balaban J connectivity index is 1.59. The van der Waals surface area contributed by atoms with E-state index in [0.29, 0.717) is 11.2 Å². The van der Waals surface area contributed by atoms with E-state index in [-0.39, 0.29) is 23.2 Å². The third-order valence-corrected chi connectivity index (χ3v) is 5.40. The zero-order chi connectivity index (χ0) is 17.7. The molecule has 2 fully saturated rings. The van der Waals surface area contributed by atoms with Gasteiger partial charge in [0.15, 0.2) is 10.9 Å². The number of hydrogen-bond donors (Lipinski definition) is 2. The Morgan fingerprint density at radius 3 is 2.48 bits per heavy atom. The van der Waals surface area contributed by atoms with Crippen molar-refractivity contribution in [2.45, 2.75) is 49.8 Å². The highest BCUT2D eigenvalue weighted by atomic mass is 32.2. The number of ketones is 1. The third-order valence-electron chi connectivity index (χ3n) is 4.45. The quantitative estimate of drug-likeness (QED) is 0.570. The zero-order valence-corrected chi connectivity index (χ0v) is 14.5. The molecule has 0 unspecified atom stereocenters. The number of aromatic amines is 1. The lowest BCUT2D eigenvalue weighted by molar-refractivity contribution is 0.102. The van der Waals surface area contributed by atoms with Gasteiger partial charge < -0.3 is 10.3 Å². The smallest absolute Gasteiger partial charge is 0.330 e. The SMILES string of the molecule is Cc1nnc(SCC(=O)c2c(N)n(C3CC3)c(=O)[nH]c2=O)n1C1CC1. The van der Waals surface area contributed by atoms with Crippen LogP contribution in [0.5, 0.6) is 0 Å². The molecule has 10 heteroatoms. The van der Waals surface area contributed by atoms with E-state index in [2.05, 4.69) is 15.2 Å². The maximum absolute atomic E-state index is 12.6. The molecule has 0 radical (unpaired) electrons. The van der Waals surface area contributed by atoms with Crippen molar-refractivity contribution >= 4 is 23.4 Å². The molecule has 2 heterocycles. The molecule has 0 amide bonds. The molecule has 0 aromatic carbocycles. The van der Waals surface area contributed by atoms with Gasteiger partial charge in [-0.1, -0.05) is 11.8 Å². The first-order valence-electron chi connectivity index (χ1n) is 8.19. The van der Waals surface area contributed by atoms with Crippen LogP contribution in [0, 0.1) is 6.92 Å². The van der Waals surface area contributed by atoms with Gasteiger partial charge in [-0.3, -0.25) is 19.1 Å². The van der Waals surface area contributed by atoms with Gasteiger partial charge >= 0.3 is 5.69 Å². The average molecular weight is 362 g/mol. The van der Waals surface area contributed by atoms with Gasteiger partial charge in [0.2, 0.25) is 0 Å². The summed E-state index contributed by atoms with van der Waals surface area (Å²) in [6.45, 7) is 1.88. The summed E-state index contributed by atoms with van der Waals surface area (Å²) in [4.78, 5) is 38.8. The van der Waals surface area contributed by atoms with Crippen molar-refractivity contribution in [3.05, 3.63) is 32.2 Å². The van der Waals surface area contributed by atoms with E-state index >= 15 is 0 Å². The molecule has 2 aliphatic rings. The van der Waals surface area contributed by atoms with E-state index in [4.69, 9.17) is 5.73 Å². The molecule has 2 saturated carbocycles. The fraction of sp³-hybridized carbons (Fsp3) is 0.533.